The molecule has 3 rings (SSSR count). The number of hydrogen-bond donors (Lipinski definition) is 2. The van der Waals surface area contributed by atoms with Gasteiger partial charge >= 0.3 is 0 Å². The van der Waals surface area contributed by atoms with E-state index in [0.717, 1.165) is 24.2 Å². The maximum Gasteiger partial charge on any atom is 0.244 e. The van der Waals surface area contributed by atoms with Gasteiger partial charge in [0.2, 0.25) is 11.8 Å². The number of hydrogen-bond acceptors (Lipinski definition) is 3. The van der Waals surface area contributed by atoms with Gasteiger partial charge in [0.15, 0.2) is 0 Å². The van der Waals surface area contributed by atoms with Gasteiger partial charge in [0.05, 0.1) is 0 Å². The van der Waals surface area contributed by atoms with Crippen molar-refractivity contribution in [1.82, 2.24) is 5.32 Å². The molecule has 1 aliphatic heterocycles. The van der Waals surface area contributed by atoms with Crippen LogP contribution < -0.4 is 16.0 Å². The summed E-state index contributed by atoms with van der Waals surface area (Å²) in [6.45, 7) is 2.86. The van der Waals surface area contributed by atoms with Crippen LogP contribution in [0.2, 0.25) is 0 Å². The van der Waals surface area contributed by atoms with Crippen molar-refractivity contribution in [3.8, 4) is 0 Å². The van der Waals surface area contributed by atoms with Gasteiger partial charge in [0, 0.05) is 25.2 Å². The Morgan fingerprint density at radius 1 is 1.11 bits per heavy atom. The number of carbonyl (C=O) groups excluding carboxylic acids is 2. The van der Waals surface area contributed by atoms with Crippen molar-refractivity contribution in [3.63, 3.8) is 0 Å². The molecule has 2 amide bonds. The number of rotatable bonds is 6. The van der Waals surface area contributed by atoms with E-state index in [1.807, 2.05) is 53.4 Å². The molecule has 1 heterocycles. The van der Waals surface area contributed by atoms with Gasteiger partial charge in [0.25, 0.3) is 0 Å². The summed E-state index contributed by atoms with van der Waals surface area (Å²) in [6, 6.07) is 17.3. The Balaban J connectivity index is 0.00000261. The predicted molar refractivity (Wildman–Crippen MR) is 110 cm³/mol. The van der Waals surface area contributed by atoms with E-state index in [4.69, 9.17) is 5.73 Å². The fraction of sp³-hybridized carbons (Fsp3) is 0.333. The summed E-state index contributed by atoms with van der Waals surface area (Å²) in [5.74, 6) is -0.134. The zero-order valence-electron chi connectivity index (χ0n) is 15.5. The van der Waals surface area contributed by atoms with E-state index in [0.29, 0.717) is 19.4 Å². The number of nitrogens with two attached hydrogens (primary N) is 1. The Kier molecular flexibility index (Phi) is 6.99. The molecule has 0 aromatic heterocycles. The van der Waals surface area contributed by atoms with E-state index in [-0.39, 0.29) is 24.2 Å². The SMILES string of the molecule is CC(N)(C(=O)NCCCC(=O)N1CCc2ccccc21)c1ccccc1.Cl. The Hall–Kier alpha value is -2.37. The number of nitrogens with one attached hydrogen (secondary N) is 1. The molecule has 2 aromatic carbocycles. The number of nitrogens with zero attached hydrogens (tertiary/aromatic N) is 1. The Morgan fingerprint density at radius 3 is 2.52 bits per heavy atom. The van der Waals surface area contributed by atoms with Crippen molar-refractivity contribution in [3.05, 3.63) is 65.7 Å². The van der Waals surface area contributed by atoms with Crippen molar-refractivity contribution in [2.24, 2.45) is 5.73 Å². The van der Waals surface area contributed by atoms with E-state index >= 15 is 0 Å². The van der Waals surface area contributed by atoms with E-state index < -0.39 is 5.54 Å². The molecule has 5 nitrogen and oxygen atoms in total. The third kappa shape index (κ3) is 4.67. The van der Waals surface area contributed by atoms with Crippen LogP contribution in [0.3, 0.4) is 0 Å². The first kappa shape index (κ1) is 20.9. The molecule has 6 heteroatoms. The molecule has 0 radical (unpaired) electrons. The highest BCUT2D eigenvalue weighted by molar-refractivity contribution is 5.95. The fourth-order valence-electron chi connectivity index (χ4n) is 3.27. The van der Waals surface area contributed by atoms with Gasteiger partial charge in [-0.05, 0) is 37.0 Å². The van der Waals surface area contributed by atoms with Crippen molar-refractivity contribution in [2.45, 2.75) is 31.7 Å². The predicted octanol–water partition coefficient (Wildman–Crippen LogP) is 2.77. The van der Waals surface area contributed by atoms with E-state index in [2.05, 4.69) is 11.4 Å². The molecule has 0 saturated heterocycles. The van der Waals surface area contributed by atoms with Gasteiger partial charge in [-0.2, -0.15) is 0 Å². The van der Waals surface area contributed by atoms with E-state index in [9.17, 15) is 9.59 Å². The minimum atomic E-state index is -1.08. The molecule has 3 N–H and O–H groups in total. The minimum Gasteiger partial charge on any atom is -0.354 e. The first-order chi connectivity index (χ1) is 12.5. The van der Waals surface area contributed by atoms with Gasteiger partial charge < -0.3 is 16.0 Å². The normalized spacial score (nSPS) is 14.7. The van der Waals surface area contributed by atoms with Crippen molar-refractivity contribution >= 4 is 29.9 Å². The van der Waals surface area contributed by atoms with Crippen molar-refractivity contribution < 1.29 is 9.59 Å². The molecule has 0 spiro atoms. The molecule has 1 aliphatic rings. The number of para-hydroxylation sites is 1. The summed E-state index contributed by atoms with van der Waals surface area (Å²) >= 11 is 0. The molecular formula is C21H26ClN3O2. The summed E-state index contributed by atoms with van der Waals surface area (Å²) in [4.78, 5) is 26.7. The van der Waals surface area contributed by atoms with Crippen LogP contribution in [0.5, 0.6) is 0 Å². The Morgan fingerprint density at radius 2 is 1.78 bits per heavy atom. The molecule has 1 unspecified atom stereocenters. The Labute approximate surface area is 166 Å². The monoisotopic (exact) mass is 387 g/mol. The Bertz CT molecular complexity index is 793. The number of carbonyl (C=O) groups is 2. The smallest absolute Gasteiger partial charge is 0.244 e. The zero-order chi connectivity index (χ0) is 18.6. The third-order valence-electron chi connectivity index (χ3n) is 4.89. The average molecular weight is 388 g/mol. The molecular weight excluding hydrogens is 362 g/mol. The first-order valence-electron chi connectivity index (χ1n) is 9.01. The maximum atomic E-state index is 12.5. The van der Waals surface area contributed by atoms with Crippen LogP contribution in [0.15, 0.2) is 54.6 Å². The number of fused-ring (bicyclic) bond motifs is 1. The van der Waals surface area contributed by atoms with Gasteiger partial charge in [-0.3, -0.25) is 9.59 Å². The number of anilines is 1. The highest BCUT2D eigenvalue weighted by Gasteiger charge is 2.30. The zero-order valence-corrected chi connectivity index (χ0v) is 16.3. The van der Waals surface area contributed by atoms with Gasteiger partial charge in [-0.15, -0.1) is 12.4 Å². The lowest BCUT2D eigenvalue weighted by Gasteiger charge is -2.24. The first-order valence-corrected chi connectivity index (χ1v) is 9.01. The molecule has 0 aliphatic carbocycles. The molecule has 2 aromatic rings. The van der Waals surface area contributed by atoms with E-state index in [1.54, 1.807) is 6.92 Å². The van der Waals surface area contributed by atoms with Gasteiger partial charge in [-0.1, -0.05) is 48.5 Å². The highest BCUT2D eigenvalue weighted by atomic mass is 35.5. The average Bonchev–Trinajstić information content (AvgIpc) is 3.09. The highest BCUT2D eigenvalue weighted by Crippen LogP contribution is 2.28. The number of benzene rings is 2. The summed E-state index contributed by atoms with van der Waals surface area (Å²) in [5.41, 5.74) is 8.10. The number of amides is 2. The summed E-state index contributed by atoms with van der Waals surface area (Å²) in [6.07, 6.45) is 1.90. The molecule has 0 bridgehead atoms. The summed E-state index contributed by atoms with van der Waals surface area (Å²) in [7, 11) is 0. The lowest BCUT2D eigenvalue weighted by Crippen LogP contribution is -2.49. The summed E-state index contributed by atoms with van der Waals surface area (Å²) in [5, 5.41) is 2.85. The van der Waals surface area contributed by atoms with Crippen LogP contribution >= 0.6 is 12.4 Å². The van der Waals surface area contributed by atoms with Crippen molar-refractivity contribution in [2.75, 3.05) is 18.0 Å². The second-order valence-electron chi connectivity index (χ2n) is 6.85. The standard InChI is InChI=1S/C21H25N3O2.ClH/c1-21(22,17-9-3-2-4-10-17)20(26)23-14-7-12-19(25)24-15-13-16-8-5-6-11-18(16)24;/h2-6,8-11H,7,12-15,22H2,1H3,(H,23,26);1H. The maximum absolute atomic E-state index is 12.5. The van der Waals surface area contributed by atoms with E-state index in [1.165, 1.54) is 5.56 Å². The summed E-state index contributed by atoms with van der Waals surface area (Å²) < 4.78 is 0. The lowest BCUT2D eigenvalue weighted by molar-refractivity contribution is -0.126. The minimum absolute atomic E-state index is 0. The number of halogens is 1. The second-order valence-corrected chi connectivity index (χ2v) is 6.85. The quantitative estimate of drug-likeness (QED) is 0.748. The molecule has 1 atom stereocenters. The van der Waals surface area contributed by atoms with Crippen LogP contribution in [0.1, 0.15) is 30.9 Å². The molecule has 0 fully saturated rings. The topological polar surface area (TPSA) is 75.4 Å². The second kappa shape index (κ2) is 9.02. The van der Waals surface area contributed by atoms with Crippen molar-refractivity contribution in [1.29, 1.82) is 0 Å². The fourth-order valence-corrected chi connectivity index (χ4v) is 3.27. The molecule has 144 valence electrons. The van der Waals surface area contributed by atoms with Gasteiger partial charge in [0.1, 0.15) is 5.54 Å². The largest absolute Gasteiger partial charge is 0.354 e. The van der Waals surface area contributed by atoms with Crippen LogP contribution in [-0.2, 0) is 21.5 Å². The van der Waals surface area contributed by atoms with Crippen LogP contribution in [0, 0.1) is 0 Å². The van der Waals surface area contributed by atoms with Crippen LogP contribution in [-0.4, -0.2) is 24.9 Å². The van der Waals surface area contributed by atoms with Gasteiger partial charge in [-0.25, -0.2) is 0 Å². The molecule has 0 saturated carbocycles. The third-order valence-corrected chi connectivity index (χ3v) is 4.89. The van der Waals surface area contributed by atoms with Crippen LogP contribution in [0.4, 0.5) is 5.69 Å². The lowest BCUT2D eigenvalue weighted by atomic mass is 9.92. The molecule has 27 heavy (non-hydrogen) atoms. The van der Waals surface area contributed by atoms with Crippen LogP contribution in [0.25, 0.3) is 0 Å².